The van der Waals surface area contributed by atoms with Gasteiger partial charge in [-0.05, 0) is 24.5 Å². The van der Waals surface area contributed by atoms with Gasteiger partial charge >= 0.3 is 0 Å². The summed E-state index contributed by atoms with van der Waals surface area (Å²) < 4.78 is 33.1. The summed E-state index contributed by atoms with van der Waals surface area (Å²) in [5.74, 6) is -0.851. The summed E-state index contributed by atoms with van der Waals surface area (Å²) in [5, 5.41) is 14.7. The molecule has 0 radical (unpaired) electrons. The van der Waals surface area contributed by atoms with E-state index >= 15 is 0 Å². The van der Waals surface area contributed by atoms with Gasteiger partial charge in [-0.2, -0.15) is 0 Å². The first-order valence-electron chi connectivity index (χ1n) is 11.0. The maximum absolute atomic E-state index is 14.3. The summed E-state index contributed by atoms with van der Waals surface area (Å²) in [5.41, 5.74) is 3.41. The van der Waals surface area contributed by atoms with Crippen LogP contribution in [0.4, 0.5) is 8.78 Å². The van der Waals surface area contributed by atoms with Crippen LogP contribution in [-0.4, -0.2) is 54.2 Å². The van der Waals surface area contributed by atoms with Crippen molar-refractivity contribution < 1.29 is 23.5 Å². The second-order valence-corrected chi connectivity index (χ2v) is 8.80. The molecular formula is C25H32F2N2O3. The van der Waals surface area contributed by atoms with Gasteiger partial charge < -0.3 is 14.7 Å². The van der Waals surface area contributed by atoms with Crippen LogP contribution in [0.3, 0.4) is 0 Å². The van der Waals surface area contributed by atoms with Crippen molar-refractivity contribution in [3.8, 4) is 0 Å². The van der Waals surface area contributed by atoms with Gasteiger partial charge in [-0.15, -0.1) is 0 Å². The van der Waals surface area contributed by atoms with Crippen LogP contribution in [0.5, 0.6) is 0 Å². The van der Waals surface area contributed by atoms with Gasteiger partial charge in [-0.1, -0.05) is 49.3 Å². The van der Waals surface area contributed by atoms with Crippen LogP contribution in [0.25, 0.3) is 0 Å². The van der Waals surface area contributed by atoms with Crippen molar-refractivity contribution in [2.75, 3.05) is 26.3 Å². The summed E-state index contributed by atoms with van der Waals surface area (Å²) in [7, 11) is 0. The SMILES string of the molecule is Cc1ccccc1C1=NO[C@H](CN(Cc2ccc(F)cc2F)C[C@H](O)COCC(C)C)C1. The Morgan fingerprint density at radius 2 is 1.97 bits per heavy atom. The maximum Gasteiger partial charge on any atom is 0.145 e. The molecule has 0 unspecified atom stereocenters. The molecule has 174 valence electrons. The van der Waals surface area contributed by atoms with Gasteiger partial charge in [-0.3, -0.25) is 4.90 Å². The van der Waals surface area contributed by atoms with E-state index in [9.17, 15) is 13.9 Å². The zero-order valence-electron chi connectivity index (χ0n) is 18.9. The van der Waals surface area contributed by atoms with Crippen molar-refractivity contribution in [1.29, 1.82) is 0 Å². The molecular weight excluding hydrogens is 414 g/mol. The zero-order chi connectivity index (χ0) is 23.1. The van der Waals surface area contributed by atoms with Crippen LogP contribution in [-0.2, 0) is 16.1 Å². The quantitative estimate of drug-likeness (QED) is 0.559. The van der Waals surface area contributed by atoms with Crippen molar-refractivity contribution >= 4 is 5.71 Å². The van der Waals surface area contributed by atoms with Crippen molar-refractivity contribution in [2.24, 2.45) is 11.1 Å². The first kappa shape index (κ1) is 24.3. The molecule has 0 aromatic heterocycles. The number of hydrogen-bond acceptors (Lipinski definition) is 5. The van der Waals surface area contributed by atoms with E-state index in [0.29, 0.717) is 31.1 Å². The molecule has 0 amide bonds. The number of aryl methyl sites for hydroxylation is 1. The van der Waals surface area contributed by atoms with Crippen LogP contribution >= 0.6 is 0 Å². The topological polar surface area (TPSA) is 54.3 Å². The molecule has 5 nitrogen and oxygen atoms in total. The minimum absolute atomic E-state index is 0.192. The molecule has 0 spiro atoms. The fourth-order valence-electron chi connectivity index (χ4n) is 3.76. The number of benzene rings is 2. The molecule has 0 saturated carbocycles. The minimum atomic E-state index is -0.740. The summed E-state index contributed by atoms with van der Waals surface area (Å²) in [6.45, 7) is 7.79. The molecule has 1 aliphatic rings. The first-order chi connectivity index (χ1) is 15.3. The molecule has 2 aromatic carbocycles. The van der Waals surface area contributed by atoms with Gasteiger partial charge in [0, 0.05) is 49.9 Å². The maximum atomic E-state index is 14.3. The van der Waals surface area contributed by atoms with Gasteiger partial charge in [0.1, 0.15) is 17.7 Å². The molecule has 0 saturated heterocycles. The van der Waals surface area contributed by atoms with E-state index in [1.165, 1.54) is 12.1 Å². The van der Waals surface area contributed by atoms with E-state index in [4.69, 9.17) is 9.57 Å². The van der Waals surface area contributed by atoms with E-state index in [1.54, 1.807) is 0 Å². The third-order valence-electron chi connectivity index (χ3n) is 5.29. The Hall–Kier alpha value is -2.35. The van der Waals surface area contributed by atoms with Gasteiger partial charge in [0.15, 0.2) is 0 Å². The number of halogens is 2. The molecule has 32 heavy (non-hydrogen) atoms. The molecule has 1 N–H and O–H groups in total. The predicted octanol–water partition coefficient (Wildman–Crippen LogP) is 4.30. The third kappa shape index (κ3) is 7.08. The summed E-state index contributed by atoms with van der Waals surface area (Å²) in [6.07, 6.45) is -0.347. The molecule has 2 aromatic rings. The monoisotopic (exact) mass is 446 g/mol. The standard InChI is InChI=1S/C25H32F2N2O3/c1-17(2)15-31-16-21(30)13-29(12-19-8-9-20(26)10-24(19)27)14-22-11-25(28-32-22)23-7-5-4-6-18(23)3/h4-10,17,21-22,30H,11-16H2,1-3H3/t21-,22-/m0/s1. The minimum Gasteiger partial charge on any atom is -0.390 e. The van der Waals surface area contributed by atoms with Crippen LogP contribution in [0.2, 0.25) is 0 Å². The highest BCUT2D eigenvalue weighted by Crippen LogP contribution is 2.21. The average molecular weight is 447 g/mol. The Kier molecular flexibility index (Phi) is 8.73. The number of hydrogen-bond donors (Lipinski definition) is 1. The molecule has 0 aliphatic carbocycles. The highest BCUT2D eigenvalue weighted by molar-refractivity contribution is 6.02. The second-order valence-electron chi connectivity index (χ2n) is 8.80. The number of aliphatic hydroxyl groups excluding tert-OH is 1. The van der Waals surface area contributed by atoms with Gasteiger partial charge in [-0.25, -0.2) is 8.78 Å². The lowest BCUT2D eigenvalue weighted by Gasteiger charge is -2.27. The lowest BCUT2D eigenvalue weighted by molar-refractivity contribution is -0.00756. The largest absolute Gasteiger partial charge is 0.390 e. The smallest absolute Gasteiger partial charge is 0.145 e. The highest BCUT2D eigenvalue weighted by atomic mass is 19.1. The molecule has 0 bridgehead atoms. The fourth-order valence-corrected chi connectivity index (χ4v) is 3.76. The van der Waals surface area contributed by atoms with Gasteiger partial charge in [0.25, 0.3) is 0 Å². The van der Waals surface area contributed by atoms with Crippen LogP contribution in [0.15, 0.2) is 47.6 Å². The van der Waals surface area contributed by atoms with Gasteiger partial charge in [0.05, 0.1) is 18.4 Å². The molecule has 7 heteroatoms. The molecule has 1 aliphatic heterocycles. The zero-order valence-corrected chi connectivity index (χ0v) is 18.9. The van der Waals surface area contributed by atoms with Crippen molar-refractivity contribution in [1.82, 2.24) is 4.90 Å². The Labute approximate surface area is 188 Å². The van der Waals surface area contributed by atoms with E-state index in [0.717, 1.165) is 22.9 Å². The molecule has 3 rings (SSSR count). The van der Waals surface area contributed by atoms with Gasteiger partial charge in [0.2, 0.25) is 0 Å². The lowest BCUT2D eigenvalue weighted by Crippen LogP contribution is -2.39. The Balaban J connectivity index is 1.64. The van der Waals surface area contributed by atoms with Crippen LogP contribution < -0.4 is 0 Å². The number of aliphatic hydroxyl groups is 1. The van der Waals surface area contributed by atoms with Crippen molar-refractivity contribution in [3.63, 3.8) is 0 Å². The Morgan fingerprint density at radius 3 is 2.69 bits per heavy atom. The van der Waals surface area contributed by atoms with Crippen molar-refractivity contribution in [2.45, 2.75) is 45.9 Å². The molecule has 1 heterocycles. The van der Waals surface area contributed by atoms with Crippen LogP contribution in [0, 0.1) is 24.5 Å². The van der Waals surface area contributed by atoms with E-state index in [2.05, 4.69) is 5.16 Å². The number of rotatable bonds is 11. The van der Waals surface area contributed by atoms with E-state index < -0.39 is 17.7 Å². The van der Waals surface area contributed by atoms with Crippen molar-refractivity contribution in [3.05, 3.63) is 70.8 Å². The Bertz CT molecular complexity index is 920. The van der Waals surface area contributed by atoms with E-state index in [1.807, 2.05) is 49.9 Å². The first-order valence-corrected chi connectivity index (χ1v) is 11.0. The Morgan fingerprint density at radius 1 is 1.19 bits per heavy atom. The third-order valence-corrected chi connectivity index (χ3v) is 5.29. The second kappa shape index (κ2) is 11.5. The molecule has 2 atom stereocenters. The summed E-state index contributed by atoms with van der Waals surface area (Å²) >= 11 is 0. The average Bonchev–Trinajstić information content (AvgIpc) is 3.18. The number of nitrogens with zero attached hydrogens (tertiary/aromatic N) is 2. The van der Waals surface area contributed by atoms with Crippen LogP contribution in [0.1, 0.15) is 37.0 Å². The summed E-state index contributed by atoms with van der Waals surface area (Å²) in [4.78, 5) is 7.57. The number of oxime groups is 1. The van der Waals surface area contributed by atoms with E-state index in [-0.39, 0.29) is 25.8 Å². The number of ether oxygens (including phenoxy) is 1. The summed E-state index contributed by atoms with van der Waals surface area (Å²) in [6, 6.07) is 11.5. The predicted molar refractivity (Wildman–Crippen MR) is 121 cm³/mol. The highest BCUT2D eigenvalue weighted by Gasteiger charge is 2.27. The normalized spacial score (nSPS) is 17.0. The fraction of sp³-hybridized carbons (Fsp3) is 0.480. The molecule has 0 fully saturated rings. The lowest BCUT2D eigenvalue weighted by atomic mass is 10.00.